The first-order valence-electron chi connectivity index (χ1n) is 4.95. The van der Waals surface area contributed by atoms with E-state index in [9.17, 15) is 4.79 Å². The minimum atomic E-state index is -0.257. The molecule has 0 aromatic carbocycles. The standard InChI is InChI=1S/C10H19NO2/c1-4-7-5-8(10(7,2)3)6-9(12)11-13/h7-8,13H,4-6H2,1-3H3,(H,11,12)/t7-,8-/m0/s1. The molecule has 0 spiro atoms. The summed E-state index contributed by atoms with van der Waals surface area (Å²) in [7, 11) is 0. The maximum Gasteiger partial charge on any atom is 0.243 e. The van der Waals surface area contributed by atoms with Gasteiger partial charge in [-0.1, -0.05) is 27.2 Å². The van der Waals surface area contributed by atoms with Gasteiger partial charge in [0, 0.05) is 6.42 Å². The van der Waals surface area contributed by atoms with Crippen molar-refractivity contribution >= 4 is 5.91 Å². The Morgan fingerprint density at radius 2 is 2.15 bits per heavy atom. The SMILES string of the molecule is CC[C@H]1C[C@@H](CC(=O)NO)C1(C)C. The first kappa shape index (κ1) is 10.5. The van der Waals surface area contributed by atoms with Crippen LogP contribution in [0.3, 0.4) is 0 Å². The fourth-order valence-electron chi connectivity index (χ4n) is 2.43. The fraction of sp³-hybridized carbons (Fsp3) is 0.900. The lowest BCUT2D eigenvalue weighted by atomic mass is 9.53. The predicted molar refractivity (Wildman–Crippen MR) is 50.2 cm³/mol. The van der Waals surface area contributed by atoms with Crippen LogP contribution in [0.4, 0.5) is 0 Å². The van der Waals surface area contributed by atoms with Crippen LogP contribution in [0.15, 0.2) is 0 Å². The number of hydrogen-bond acceptors (Lipinski definition) is 2. The third-order valence-electron chi connectivity index (χ3n) is 3.72. The maximum atomic E-state index is 10.9. The molecule has 3 heteroatoms. The summed E-state index contributed by atoms with van der Waals surface area (Å²) in [6, 6.07) is 0. The Labute approximate surface area is 79.5 Å². The first-order chi connectivity index (χ1) is 6.02. The van der Waals surface area contributed by atoms with Crippen molar-refractivity contribution in [2.75, 3.05) is 0 Å². The summed E-state index contributed by atoms with van der Waals surface area (Å²) in [5.74, 6) is 0.918. The van der Waals surface area contributed by atoms with E-state index in [0.717, 1.165) is 12.3 Å². The van der Waals surface area contributed by atoms with E-state index in [0.29, 0.717) is 12.3 Å². The van der Waals surface area contributed by atoms with E-state index < -0.39 is 0 Å². The molecule has 1 rings (SSSR count). The van der Waals surface area contributed by atoms with Gasteiger partial charge in [-0.3, -0.25) is 10.0 Å². The third kappa shape index (κ3) is 1.85. The minimum Gasteiger partial charge on any atom is -0.289 e. The van der Waals surface area contributed by atoms with Crippen LogP contribution >= 0.6 is 0 Å². The molecule has 3 nitrogen and oxygen atoms in total. The number of hydroxylamine groups is 1. The van der Waals surface area contributed by atoms with Crippen molar-refractivity contribution in [2.24, 2.45) is 17.3 Å². The van der Waals surface area contributed by atoms with Crippen LogP contribution in [0.5, 0.6) is 0 Å². The van der Waals surface area contributed by atoms with E-state index in [1.807, 2.05) is 0 Å². The van der Waals surface area contributed by atoms with Crippen LogP contribution in [0.1, 0.15) is 40.0 Å². The van der Waals surface area contributed by atoms with Gasteiger partial charge in [0.1, 0.15) is 0 Å². The molecular formula is C10H19NO2. The summed E-state index contributed by atoms with van der Waals surface area (Å²) in [4.78, 5) is 10.9. The number of hydrogen-bond donors (Lipinski definition) is 2. The van der Waals surface area contributed by atoms with Crippen molar-refractivity contribution in [3.05, 3.63) is 0 Å². The molecule has 1 amide bonds. The van der Waals surface area contributed by atoms with E-state index in [-0.39, 0.29) is 11.3 Å². The molecule has 2 N–H and O–H groups in total. The molecule has 0 unspecified atom stereocenters. The van der Waals surface area contributed by atoms with Gasteiger partial charge in [0.15, 0.2) is 0 Å². The molecule has 13 heavy (non-hydrogen) atoms. The molecular weight excluding hydrogens is 166 g/mol. The summed E-state index contributed by atoms with van der Waals surface area (Å²) >= 11 is 0. The zero-order valence-electron chi connectivity index (χ0n) is 8.63. The van der Waals surface area contributed by atoms with Gasteiger partial charge in [-0.25, -0.2) is 5.48 Å². The van der Waals surface area contributed by atoms with E-state index >= 15 is 0 Å². The van der Waals surface area contributed by atoms with Crippen molar-refractivity contribution in [3.8, 4) is 0 Å². The topological polar surface area (TPSA) is 49.3 Å². The number of nitrogens with one attached hydrogen (secondary N) is 1. The Hall–Kier alpha value is -0.570. The van der Waals surface area contributed by atoms with E-state index in [1.54, 1.807) is 5.48 Å². The highest BCUT2D eigenvalue weighted by Gasteiger charge is 2.47. The molecule has 1 saturated carbocycles. The molecule has 1 fully saturated rings. The van der Waals surface area contributed by atoms with Gasteiger partial charge >= 0.3 is 0 Å². The quantitative estimate of drug-likeness (QED) is 0.521. The average molecular weight is 185 g/mol. The highest BCUT2D eigenvalue weighted by molar-refractivity contribution is 5.75. The number of carbonyl (C=O) groups is 1. The molecule has 1 aliphatic rings. The van der Waals surface area contributed by atoms with Crippen LogP contribution in [0, 0.1) is 17.3 Å². The highest BCUT2D eigenvalue weighted by atomic mass is 16.5. The van der Waals surface area contributed by atoms with Crippen LogP contribution in [0.2, 0.25) is 0 Å². The molecule has 1 aliphatic carbocycles. The summed E-state index contributed by atoms with van der Waals surface area (Å²) < 4.78 is 0. The Kier molecular flexibility index (Phi) is 2.96. The largest absolute Gasteiger partial charge is 0.289 e. The minimum absolute atomic E-state index is 0.257. The average Bonchev–Trinajstić information content (AvgIpc) is 2.10. The van der Waals surface area contributed by atoms with Gasteiger partial charge in [0.2, 0.25) is 5.91 Å². The monoisotopic (exact) mass is 185 g/mol. The van der Waals surface area contributed by atoms with Crippen molar-refractivity contribution in [1.29, 1.82) is 0 Å². The summed E-state index contributed by atoms with van der Waals surface area (Å²) in [5.41, 5.74) is 1.96. The van der Waals surface area contributed by atoms with Crippen molar-refractivity contribution in [3.63, 3.8) is 0 Å². The van der Waals surface area contributed by atoms with Crippen LogP contribution in [-0.2, 0) is 4.79 Å². The van der Waals surface area contributed by atoms with Crippen LogP contribution in [0.25, 0.3) is 0 Å². The van der Waals surface area contributed by atoms with Crippen LogP contribution in [-0.4, -0.2) is 11.1 Å². The molecule has 0 aromatic heterocycles. The summed E-state index contributed by atoms with van der Waals surface area (Å²) in [6.45, 7) is 6.61. The van der Waals surface area contributed by atoms with Gasteiger partial charge in [0.05, 0.1) is 0 Å². The fourth-order valence-corrected chi connectivity index (χ4v) is 2.43. The summed E-state index contributed by atoms with van der Waals surface area (Å²) in [6.07, 6.45) is 2.77. The van der Waals surface area contributed by atoms with E-state index in [4.69, 9.17) is 5.21 Å². The molecule has 0 aromatic rings. The van der Waals surface area contributed by atoms with Gasteiger partial charge in [0.25, 0.3) is 0 Å². The highest BCUT2D eigenvalue weighted by Crippen LogP contribution is 2.54. The van der Waals surface area contributed by atoms with Gasteiger partial charge in [-0.15, -0.1) is 0 Å². The molecule has 2 atom stereocenters. The zero-order chi connectivity index (χ0) is 10.1. The molecule has 0 heterocycles. The lowest BCUT2D eigenvalue weighted by Gasteiger charge is -2.52. The number of carbonyl (C=O) groups excluding carboxylic acids is 1. The maximum absolute atomic E-state index is 10.9. The number of amides is 1. The second-order valence-corrected chi connectivity index (χ2v) is 4.60. The van der Waals surface area contributed by atoms with Crippen molar-refractivity contribution < 1.29 is 10.0 Å². The van der Waals surface area contributed by atoms with Gasteiger partial charge in [-0.2, -0.15) is 0 Å². The Morgan fingerprint density at radius 3 is 2.54 bits per heavy atom. The third-order valence-corrected chi connectivity index (χ3v) is 3.72. The lowest BCUT2D eigenvalue weighted by molar-refractivity contribution is -0.135. The van der Waals surface area contributed by atoms with Crippen molar-refractivity contribution in [1.82, 2.24) is 5.48 Å². The summed E-state index contributed by atoms with van der Waals surface area (Å²) in [5, 5.41) is 8.40. The Morgan fingerprint density at radius 1 is 1.54 bits per heavy atom. The smallest absolute Gasteiger partial charge is 0.243 e. The van der Waals surface area contributed by atoms with E-state index in [1.165, 1.54) is 6.42 Å². The first-order valence-corrected chi connectivity index (χ1v) is 4.95. The Balaban J connectivity index is 2.44. The predicted octanol–water partition coefficient (Wildman–Crippen LogP) is 1.95. The molecule has 0 bridgehead atoms. The van der Waals surface area contributed by atoms with Gasteiger partial charge in [-0.05, 0) is 23.7 Å². The number of rotatable bonds is 3. The zero-order valence-corrected chi connectivity index (χ0v) is 8.63. The molecule has 0 radical (unpaired) electrons. The molecule has 0 saturated heterocycles. The second-order valence-electron chi connectivity index (χ2n) is 4.60. The second kappa shape index (κ2) is 3.66. The Bertz CT molecular complexity index is 201. The lowest BCUT2D eigenvalue weighted by Crippen LogP contribution is -2.46. The molecule has 76 valence electrons. The van der Waals surface area contributed by atoms with Crippen molar-refractivity contribution in [2.45, 2.75) is 40.0 Å². The van der Waals surface area contributed by atoms with Crippen LogP contribution < -0.4 is 5.48 Å². The molecule has 0 aliphatic heterocycles. The normalized spacial score (nSPS) is 30.8. The van der Waals surface area contributed by atoms with E-state index in [2.05, 4.69) is 20.8 Å². The van der Waals surface area contributed by atoms with Gasteiger partial charge < -0.3 is 0 Å².